The fourth-order valence-electron chi connectivity index (χ4n) is 2.58. The zero-order chi connectivity index (χ0) is 17.3. The van der Waals surface area contributed by atoms with Crippen LogP contribution in [0.15, 0.2) is 35.8 Å². The van der Waals surface area contributed by atoms with E-state index in [0.717, 1.165) is 10.9 Å². The Hall–Kier alpha value is -2.67. The summed E-state index contributed by atoms with van der Waals surface area (Å²) in [7, 11) is 0. The largest absolute Gasteiger partial charge is 0.480 e. The van der Waals surface area contributed by atoms with E-state index in [0.29, 0.717) is 16.0 Å². The van der Waals surface area contributed by atoms with Gasteiger partial charge in [0.05, 0.1) is 4.88 Å². The first-order chi connectivity index (χ1) is 11.5. The molecule has 5 nitrogen and oxygen atoms in total. The van der Waals surface area contributed by atoms with E-state index < -0.39 is 17.9 Å². The second kappa shape index (κ2) is 6.45. The summed E-state index contributed by atoms with van der Waals surface area (Å²) in [6.45, 7) is 1.80. The number of fused-ring (bicyclic) bond motifs is 1. The molecule has 0 bridgehead atoms. The summed E-state index contributed by atoms with van der Waals surface area (Å²) in [5.41, 5.74) is 2.11. The molecule has 1 atom stereocenters. The van der Waals surface area contributed by atoms with Crippen LogP contribution in [0.2, 0.25) is 0 Å². The molecule has 1 amide bonds. The van der Waals surface area contributed by atoms with E-state index >= 15 is 0 Å². The Kier molecular flexibility index (Phi) is 4.35. The maximum absolute atomic E-state index is 13.2. The van der Waals surface area contributed by atoms with E-state index in [1.807, 2.05) is 6.07 Å². The molecular formula is C17H15FN2O3S. The van der Waals surface area contributed by atoms with Crippen LogP contribution in [0, 0.1) is 12.7 Å². The van der Waals surface area contributed by atoms with Crippen molar-refractivity contribution in [2.45, 2.75) is 19.4 Å². The molecule has 24 heavy (non-hydrogen) atoms. The number of amides is 1. The Balaban J connectivity index is 1.82. The molecule has 1 aromatic carbocycles. The number of halogens is 1. The number of aliphatic carboxylic acids is 1. The lowest BCUT2D eigenvalue weighted by Crippen LogP contribution is -2.42. The molecule has 0 fully saturated rings. The van der Waals surface area contributed by atoms with Crippen LogP contribution < -0.4 is 5.32 Å². The van der Waals surface area contributed by atoms with E-state index in [9.17, 15) is 19.1 Å². The zero-order valence-electron chi connectivity index (χ0n) is 12.8. The lowest BCUT2D eigenvalue weighted by Gasteiger charge is -2.14. The number of aryl methyl sites for hydroxylation is 1. The van der Waals surface area contributed by atoms with Gasteiger partial charge in [-0.1, -0.05) is 0 Å². The van der Waals surface area contributed by atoms with Crippen molar-refractivity contribution in [2.75, 3.05) is 0 Å². The molecule has 0 saturated heterocycles. The van der Waals surface area contributed by atoms with Gasteiger partial charge in [-0.25, -0.2) is 9.18 Å². The normalized spacial score (nSPS) is 12.2. The second-order valence-electron chi connectivity index (χ2n) is 5.50. The fourth-order valence-corrected chi connectivity index (χ4v) is 3.40. The minimum Gasteiger partial charge on any atom is -0.480 e. The summed E-state index contributed by atoms with van der Waals surface area (Å²) in [5, 5.41) is 14.5. The van der Waals surface area contributed by atoms with Crippen LogP contribution in [0.3, 0.4) is 0 Å². The van der Waals surface area contributed by atoms with Crippen molar-refractivity contribution >= 4 is 34.1 Å². The maximum atomic E-state index is 13.2. The summed E-state index contributed by atoms with van der Waals surface area (Å²) < 4.78 is 13.2. The second-order valence-corrected chi connectivity index (χ2v) is 6.42. The topological polar surface area (TPSA) is 82.2 Å². The van der Waals surface area contributed by atoms with E-state index in [1.165, 1.54) is 23.5 Å². The molecule has 3 aromatic rings. The highest BCUT2D eigenvalue weighted by atomic mass is 32.1. The number of carbonyl (C=O) groups is 2. The van der Waals surface area contributed by atoms with Crippen LogP contribution in [-0.4, -0.2) is 28.0 Å². The minimum atomic E-state index is -1.12. The third kappa shape index (κ3) is 3.16. The number of rotatable bonds is 5. The summed E-state index contributed by atoms with van der Waals surface area (Å²) in [6, 6.07) is 5.01. The van der Waals surface area contributed by atoms with E-state index in [1.54, 1.807) is 24.6 Å². The lowest BCUT2D eigenvalue weighted by molar-refractivity contribution is -0.139. The molecular weight excluding hydrogens is 331 g/mol. The number of aromatic nitrogens is 1. The Morgan fingerprint density at radius 2 is 2.17 bits per heavy atom. The van der Waals surface area contributed by atoms with Crippen LogP contribution in [0.4, 0.5) is 4.39 Å². The van der Waals surface area contributed by atoms with Gasteiger partial charge in [-0.15, -0.1) is 11.3 Å². The summed E-state index contributed by atoms with van der Waals surface area (Å²) in [4.78, 5) is 27.2. The highest BCUT2D eigenvalue weighted by Gasteiger charge is 2.23. The molecule has 0 aliphatic rings. The SMILES string of the molecule is Cc1ccsc1C(=O)N[C@H](Cc1c[nH]c2cc(F)ccc12)C(=O)O. The predicted octanol–water partition coefficient (Wildman–Crippen LogP) is 3.10. The average molecular weight is 346 g/mol. The molecule has 3 N–H and O–H groups in total. The molecule has 3 rings (SSSR count). The van der Waals surface area contributed by atoms with Gasteiger partial charge in [0.1, 0.15) is 11.9 Å². The van der Waals surface area contributed by atoms with Gasteiger partial charge in [-0.05, 0) is 47.7 Å². The first-order valence-electron chi connectivity index (χ1n) is 7.29. The fraction of sp³-hybridized carbons (Fsp3) is 0.176. The van der Waals surface area contributed by atoms with Crippen LogP contribution in [-0.2, 0) is 11.2 Å². The van der Waals surface area contributed by atoms with Gasteiger partial charge in [0.15, 0.2) is 0 Å². The van der Waals surface area contributed by atoms with Gasteiger partial charge in [0.25, 0.3) is 5.91 Å². The lowest BCUT2D eigenvalue weighted by atomic mass is 10.0. The number of aromatic amines is 1. The number of nitrogens with one attached hydrogen (secondary N) is 2. The summed E-state index contributed by atoms with van der Waals surface area (Å²) in [6.07, 6.45) is 1.75. The predicted molar refractivity (Wildman–Crippen MR) is 89.9 cm³/mol. The highest BCUT2D eigenvalue weighted by molar-refractivity contribution is 7.12. The molecule has 2 heterocycles. The molecule has 0 aliphatic heterocycles. The van der Waals surface area contributed by atoms with Crippen molar-refractivity contribution in [3.05, 3.63) is 57.7 Å². The Labute approximate surface area is 141 Å². The van der Waals surface area contributed by atoms with Gasteiger partial charge in [-0.3, -0.25) is 4.79 Å². The summed E-state index contributed by atoms with van der Waals surface area (Å²) in [5.74, 6) is -1.89. The molecule has 2 aromatic heterocycles. The Bertz CT molecular complexity index is 916. The molecule has 0 unspecified atom stereocenters. The van der Waals surface area contributed by atoms with Crippen molar-refractivity contribution < 1.29 is 19.1 Å². The highest BCUT2D eigenvalue weighted by Crippen LogP contribution is 2.21. The monoisotopic (exact) mass is 346 g/mol. The number of hydrogen-bond donors (Lipinski definition) is 3. The third-order valence-electron chi connectivity index (χ3n) is 3.83. The van der Waals surface area contributed by atoms with E-state index in [4.69, 9.17) is 0 Å². The number of hydrogen-bond acceptors (Lipinski definition) is 3. The van der Waals surface area contributed by atoms with Crippen LogP contribution in [0.1, 0.15) is 20.8 Å². The third-order valence-corrected chi connectivity index (χ3v) is 4.84. The van der Waals surface area contributed by atoms with Gasteiger partial charge >= 0.3 is 5.97 Å². The zero-order valence-corrected chi connectivity index (χ0v) is 13.6. The maximum Gasteiger partial charge on any atom is 0.326 e. The van der Waals surface area contributed by atoms with Crippen molar-refractivity contribution in [1.29, 1.82) is 0 Å². The van der Waals surface area contributed by atoms with Crippen LogP contribution in [0.25, 0.3) is 10.9 Å². The number of thiophene rings is 1. The van der Waals surface area contributed by atoms with Crippen molar-refractivity contribution in [2.24, 2.45) is 0 Å². The summed E-state index contributed by atoms with van der Waals surface area (Å²) >= 11 is 1.27. The first kappa shape index (κ1) is 16.2. The molecule has 124 valence electrons. The quantitative estimate of drug-likeness (QED) is 0.664. The molecule has 7 heteroatoms. The number of carbonyl (C=O) groups excluding carboxylic acids is 1. The van der Waals surface area contributed by atoms with Gasteiger partial charge in [0, 0.05) is 23.5 Å². The van der Waals surface area contributed by atoms with Crippen molar-refractivity contribution in [3.8, 4) is 0 Å². The average Bonchev–Trinajstić information content (AvgIpc) is 3.12. The van der Waals surface area contributed by atoms with Crippen molar-refractivity contribution in [1.82, 2.24) is 10.3 Å². The Morgan fingerprint density at radius 3 is 2.83 bits per heavy atom. The smallest absolute Gasteiger partial charge is 0.326 e. The molecule has 0 spiro atoms. The minimum absolute atomic E-state index is 0.108. The standard InChI is InChI=1S/C17H15FN2O3S/c1-9-4-5-24-15(9)16(21)20-14(17(22)23)6-10-8-19-13-7-11(18)2-3-12(10)13/h2-5,7-8,14,19H,6H2,1H3,(H,20,21)(H,22,23)/t14-/m1/s1. The molecule has 0 radical (unpaired) electrons. The van der Waals surface area contributed by atoms with Gasteiger partial charge in [-0.2, -0.15) is 0 Å². The van der Waals surface area contributed by atoms with Crippen LogP contribution >= 0.6 is 11.3 Å². The molecule has 0 saturated carbocycles. The van der Waals surface area contributed by atoms with Crippen molar-refractivity contribution in [3.63, 3.8) is 0 Å². The van der Waals surface area contributed by atoms with E-state index in [2.05, 4.69) is 10.3 Å². The number of benzene rings is 1. The van der Waals surface area contributed by atoms with Gasteiger partial charge in [0.2, 0.25) is 0 Å². The van der Waals surface area contributed by atoms with E-state index in [-0.39, 0.29) is 12.2 Å². The van der Waals surface area contributed by atoms with Crippen LogP contribution in [0.5, 0.6) is 0 Å². The number of carboxylic acids is 1. The first-order valence-corrected chi connectivity index (χ1v) is 8.17. The number of carboxylic acid groups (broad SMARTS) is 1. The molecule has 0 aliphatic carbocycles. The number of H-pyrrole nitrogens is 1. The Morgan fingerprint density at radius 1 is 1.38 bits per heavy atom. The van der Waals surface area contributed by atoms with Gasteiger partial charge < -0.3 is 15.4 Å².